The first-order valence-corrected chi connectivity index (χ1v) is 8.39. The third-order valence-corrected chi connectivity index (χ3v) is 4.02. The molecule has 0 aliphatic carbocycles. The van der Waals surface area contributed by atoms with Crippen LogP contribution in [0.1, 0.15) is 24.9 Å². The number of amides is 2. The van der Waals surface area contributed by atoms with Crippen LogP contribution in [-0.4, -0.2) is 27.1 Å². The fourth-order valence-electron chi connectivity index (χ4n) is 2.49. The summed E-state index contributed by atoms with van der Waals surface area (Å²) < 4.78 is 0. The highest BCUT2D eigenvalue weighted by molar-refractivity contribution is 5.97. The molecule has 0 fully saturated rings. The molecule has 2 aromatic rings. The standard InChI is InChI=1S/C20H22N4O3/c1-4-6-17(24-20(26)27)15-9-14(10-22-11-15)16-7-8-21-12-18(16)23-19(25)13(3)5-2/h4-5,7-13,17,24H,1-2,6H2,3H3,(H,23,25)(H,26,27)/t13-,17+/m1/s1. The molecule has 140 valence electrons. The van der Waals surface area contributed by atoms with Crippen molar-refractivity contribution in [2.75, 3.05) is 5.32 Å². The van der Waals surface area contributed by atoms with E-state index in [0.29, 0.717) is 17.7 Å². The summed E-state index contributed by atoms with van der Waals surface area (Å²) in [6, 6.07) is 3.13. The molecule has 3 N–H and O–H groups in total. The van der Waals surface area contributed by atoms with Crippen molar-refractivity contribution in [3.8, 4) is 11.1 Å². The van der Waals surface area contributed by atoms with Crippen LogP contribution in [-0.2, 0) is 4.79 Å². The molecule has 7 nitrogen and oxygen atoms in total. The number of nitrogens with one attached hydrogen (secondary N) is 2. The van der Waals surface area contributed by atoms with Crippen LogP contribution < -0.4 is 10.6 Å². The SMILES string of the molecule is C=CC[C@H](NC(=O)O)c1cncc(-c2ccncc2NC(=O)[C@H](C)C=C)c1. The number of carboxylic acid groups (broad SMARTS) is 1. The molecule has 2 rings (SSSR count). The zero-order chi connectivity index (χ0) is 19.8. The molecule has 0 radical (unpaired) electrons. The Morgan fingerprint density at radius 3 is 2.70 bits per heavy atom. The summed E-state index contributed by atoms with van der Waals surface area (Å²) in [5.41, 5.74) is 2.71. The summed E-state index contributed by atoms with van der Waals surface area (Å²) in [6.07, 6.45) is 8.94. The second-order valence-corrected chi connectivity index (χ2v) is 5.97. The Balaban J connectivity index is 2.39. The van der Waals surface area contributed by atoms with E-state index in [0.717, 1.165) is 11.1 Å². The summed E-state index contributed by atoms with van der Waals surface area (Å²) in [4.78, 5) is 31.5. The number of carbonyl (C=O) groups excluding carboxylic acids is 1. The first-order valence-electron chi connectivity index (χ1n) is 8.39. The van der Waals surface area contributed by atoms with Gasteiger partial charge in [-0.05, 0) is 24.1 Å². The lowest BCUT2D eigenvalue weighted by Crippen LogP contribution is -2.26. The number of aromatic nitrogens is 2. The van der Waals surface area contributed by atoms with Gasteiger partial charge < -0.3 is 15.7 Å². The summed E-state index contributed by atoms with van der Waals surface area (Å²) in [6.45, 7) is 9.04. The molecule has 2 amide bonds. The molecule has 27 heavy (non-hydrogen) atoms. The molecule has 0 aliphatic rings. The fourth-order valence-corrected chi connectivity index (χ4v) is 2.49. The monoisotopic (exact) mass is 366 g/mol. The number of hydrogen-bond acceptors (Lipinski definition) is 4. The van der Waals surface area contributed by atoms with Crippen molar-refractivity contribution >= 4 is 17.7 Å². The van der Waals surface area contributed by atoms with Gasteiger partial charge in [0.1, 0.15) is 0 Å². The molecule has 7 heteroatoms. The van der Waals surface area contributed by atoms with Crippen LogP contribution in [0.2, 0.25) is 0 Å². The Hall–Kier alpha value is -3.48. The van der Waals surface area contributed by atoms with Crippen LogP contribution in [0.25, 0.3) is 11.1 Å². The lowest BCUT2D eigenvalue weighted by Gasteiger charge is -2.17. The first-order chi connectivity index (χ1) is 13.0. The summed E-state index contributed by atoms with van der Waals surface area (Å²) in [5, 5.41) is 14.3. The lowest BCUT2D eigenvalue weighted by molar-refractivity contribution is -0.118. The number of anilines is 1. The molecule has 0 bridgehead atoms. The van der Waals surface area contributed by atoms with Gasteiger partial charge >= 0.3 is 6.09 Å². The van der Waals surface area contributed by atoms with Crippen molar-refractivity contribution in [2.24, 2.45) is 5.92 Å². The third-order valence-electron chi connectivity index (χ3n) is 4.02. The van der Waals surface area contributed by atoms with Gasteiger partial charge in [0.2, 0.25) is 5.91 Å². The highest BCUT2D eigenvalue weighted by Gasteiger charge is 2.16. The zero-order valence-electron chi connectivity index (χ0n) is 15.1. The maximum atomic E-state index is 12.2. The van der Waals surface area contributed by atoms with Crippen LogP contribution in [0.4, 0.5) is 10.5 Å². The molecule has 0 unspecified atom stereocenters. The predicted molar refractivity (Wildman–Crippen MR) is 104 cm³/mol. The lowest BCUT2D eigenvalue weighted by atomic mass is 10.0. The number of rotatable bonds is 8. The first kappa shape index (κ1) is 19.8. The van der Waals surface area contributed by atoms with Crippen molar-refractivity contribution in [1.82, 2.24) is 15.3 Å². The predicted octanol–water partition coefficient (Wildman–Crippen LogP) is 3.79. The van der Waals surface area contributed by atoms with Gasteiger partial charge in [0, 0.05) is 29.7 Å². The molecule has 2 aromatic heterocycles. The van der Waals surface area contributed by atoms with E-state index in [4.69, 9.17) is 5.11 Å². The molecular formula is C20H22N4O3. The van der Waals surface area contributed by atoms with Crippen molar-refractivity contribution in [3.63, 3.8) is 0 Å². The van der Waals surface area contributed by atoms with E-state index in [9.17, 15) is 9.59 Å². The van der Waals surface area contributed by atoms with E-state index >= 15 is 0 Å². The molecule has 0 saturated carbocycles. The van der Waals surface area contributed by atoms with Gasteiger partial charge in [-0.3, -0.25) is 14.8 Å². The maximum Gasteiger partial charge on any atom is 0.405 e. The minimum Gasteiger partial charge on any atom is -0.465 e. The van der Waals surface area contributed by atoms with Crippen molar-refractivity contribution in [2.45, 2.75) is 19.4 Å². The highest BCUT2D eigenvalue weighted by atomic mass is 16.4. The molecular weight excluding hydrogens is 344 g/mol. The van der Waals surface area contributed by atoms with Crippen LogP contribution in [0, 0.1) is 5.92 Å². The van der Waals surface area contributed by atoms with E-state index in [1.165, 1.54) is 0 Å². The number of nitrogens with zero attached hydrogens (tertiary/aromatic N) is 2. The van der Waals surface area contributed by atoms with Gasteiger partial charge in [-0.15, -0.1) is 13.2 Å². The average Bonchev–Trinajstić information content (AvgIpc) is 2.67. The Morgan fingerprint density at radius 2 is 2.04 bits per heavy atom. The minimum absolute atomic E-state index is 0.194. The van der Waals surface area contributed by atoms with Crippen LogP contribution in [0.3, 0.4) is 0 Å². The molecule has 2 heterocycles. The second kappa shape index (κ2) is 9.28. The molecule has 0 spiro atoms. The van der Waals surface area contributed by atoms with Gasteiger partial charge in [0.05, 0.1) is 23.8 Å². The Labute approximate surface area is 157 Å². The average molecular weight is 366 g/mol. The highest BCUT2D eigenvalue weighted by Crippen LogP contribution is 2.29. The number of pyridine rings is 2. The molecule has 2 atom stereocenters. The van der Waals surface area contributed by atoms with Crippen LogP contribution in [0.15, 0.2) is 62.2 Å². The van der Waals surface area contributed by atoms with E-state index in [1.54, 1.807) is 49.9 Å². The molecule has 0 saturated heterocycles. The van der Waals surface area contributed by atoms with Gasteiger partial charge in [0.15, 0.2) is 0 Å². The van der Waals surface area contributed by atoms with Gasteiger partial charge in [-0.1, -0.05) is 19.1 Å². The van der Waals surface area contributed by atoms with Gasteiger partial charge in [-0.2, -0.15) is 0 Å². The Kier molecular flexibility index (Phi) is 6.82. The maximum absolute atomic E-state index is 12.2. The van der Waals surface area contributed by atoms with Crippen molar-refractivity contribution in [3.05, 3.63) is 67.8 Å². The summed E-state index contributed by atoms with van der Waals surface area (Å²) in [5.74, 6) is -0.542. The van der Waals surface area contributed by atoms with Crippen molar-refractivity contribution in [1.29, 1.82) is 0 Å². The topological polar surface area (TPSA) is 104 Å². The largest absolute Gasteiger partial charge is 0.465 e. The number of hydrogen-bond donors (Lipinski definition) is 3. The Morgan fingerprint density at radius 1 is 1.26 bits per heavy atom. The van der Waals surface area contributed by atoms with E-state index < -0.39 is 12.1 Å². The number of carbonyl (C=O) groups is 2. The summed E-state index contributed by atoms with van der Waals surface area (Å²) in [7, 11) is 0. The second-order valence-electron chi connectivity index (χ2n) is 5.97. The molecule has 0 aliphatic heterocycles. The van der Waals surface area contributed by atoms with Crippen LogP contribution >= 0.6 is 0 Å². The Bertz CT molecular complexity index is 851. The smallest absolute Gasteiger partial charge is 0.405 e. The fraction of sp³-hybridized carbons (Fsp3) is 0.200. The zero-order valence-corrected chi connectivity index (χ0v) is 15.1. The van der Waals surface area contributed by atoms with Crippen LogP contribution in [0.5, 0.6) is 0 Å². The van der Waals surface area contributed by atoms with E-state index in [2.05, 4.69) is 33.8 Å². The van der Waals surface area contributed by atoms with Gasteiger partial charge in [0.25, 0.3) is 0 Å². The third kappa shape index (κ3) is 5.24. The normalized spacial score (nSPS) is 12.5. The quantitative estimate of drug-likeness (QED) is 0.617. The van der Waals surface area contributed by atoms with Crippen molar-refractivity contribution < 1.29 is 14.7 Å². The van der Waals surface area contributed by atoms with E-state index in [-0.39, 0.29) is 11.8 Å². The van der Waals surface area contributed by atoms with E-state index in [1.807, 2.05) is 6.07 Å². The van der Waals surface area contributed by atoms with Gasteiger partial charge in [-0.25, -0.2) is 4.79 Å². The minimum atomic E-state index is -1.12. The summed E-state index contributed by atoms with van der Waals surface area (Å²) >= 11 is 0. The molecule has 0 aromatic carbocycles.